The molecule has 1 aliphatic rings. The SMILES string of the molecule is N[C@@H]1[C@@H](O)[C@H](O)[C@@H](CO)O[C@H]1O.[Cl-].[Cl-].[K+].[K+]. The summed E-state index contributed by atoms with van der Waals surface area (Å²) in [5.74, 6) is 0. The maximum Gasteiger partial charge on any atom is 1.00 e. The maximum atomic E-state index is 9.20. The zero-order valence-electron chi connectivity index (χ0n) is 9.12. The van der Waals surface area contributed by atoms with Crippen molar-refractivity contribution in [1.29, 1.82) is 0 Å². The summed E-state index contributed by atoms with van der Waals surface area (Å²) in [7, 11) is 0. The fraction of sp³-hybridized carbons (Fsp3) is 1.00. The Bertz CT molecular complexity index is 167. The smallest absolute Gasteiger partial charge is 1.00 e. The first-order valence-corrected chi connectivity index (χ1v) is 3.64. The molecule has 0 spiro atoms. The second kappa shape index (κ2) is 13.6. The molecule has 0 saturated carbocycles. The third kappa shape index (κ3) is 7.41. The van der Waals surface area contributed by atoms with E-state index in [2.05, 4.69) is 0 Å². The predicted octanol–water partition coefficient (Wildman–Crippen LogP) is -15.2. The Kier molecular flexibility index (Phi) is 23.7. The van der Waals surface area contributed by atoms with Gasteiger partial charge in [-0.2, -0.15) is 0 Å². The first-order chi connectivity index (χ1) is 5.57. The fourth-order valence-corrected chi connectivity index (χ4v) is 1.12. The standard InChI is InChI=1S/C6H13NO5.2ClH.2K/c7-3-5(10)4(9)2(1-8)12-6(3)11;;;;/h2-6,8-11H,1,7H2;2*1H;;/q;;;2*+1/p-2/t2-,3-,4-,5-,6-;;;;/m1..../s1. The van der Waals surface area contributed by atoms with E-state index < -0.39 is 37.3 Å². The van der Waals surface area contributed by atoms with E-state index in [1.54, 1.807) is 0 Å². The van der Waals surface area contributed by atoms with Crippen LogP contribution in [-0.2, 0) is 4.74 Å². The van der Waals surface area contributed by atoms with E-state index in [0.717, 1.165) is 0 Å². The Morgan fingerprint density at radius 3 is 1.81 bits per heavy atom. The van der Waals surface area contributed by atoms with Crippen LogP contribution in [0.5, 0.6) is 0 Å². The van der Waals surface area contributed by atoms with Crippen LogP contribution in [0.25, 0.3) is 0 Å². The van der Waals surface area contributed by atoms with E-state index in [9.17, 15) is 10.2 Å². The summed E-state index contributed by atoms with van der Waals surface area (Å²) in [5, 5.41) is 36.1. The molecule has 6 nitrogen and oxygen atoms in total. The fourth-order valence-electron chi connectivity index (χ4n) is 1.12. The quantitative estimate of drug-likeness (QED) is 0.305. The molecule has 6 N–H and O–H groups in total. The van der Waals surface area contributed by atoms with Gasteiger partial charge < -0.3 is 55.7 Å². The van der Waals surface area contributed by atoms with Gasteiger partial charge in [-0.25, -0.2) is 0 Å². The molecular weight excluding hydrogens is 315 g/mol. The van der Waals surface area contributed by atoms with Gasteiger partial charge >= 0.3 is 103 Å². The van der Waals surface area contributed by atoms with Crippen molar-refractivity contribution in [1.82, 2.24) is 0 Å². The Hall–Kier alpha value is 3.61. The molecule has 0 aromatic carbocycles. The molecule has 1 saturated heterocycles. The van der Waals surface area contributed by atoms with Crippen molar-refractivity contribution < 1.29 is 153 Å². The number of halogens is 2. The minimum absolute atomic E-state index is 0. The van der Waals surface area contributed by atoms with E-state index in [0.29, 0.717) is 0 Å². The second-order valence-corrected chi connectivity index (χ2v) is 2.81. The van der Waals surface area contributed by atoms with Crippen molar-refractivity contribution in [3.63, 3.8) is 0 Å². The summed E-state index contributed by atoms with van der Waals surface area (Å²) < 4.78 is 4.70. The Labute approximate surface area is 191 Å². The van der Waals surface area contributed by atoms with Gasteiger partial charge in [-0.1, -0.05) is 0 Å². The molecule has 0 unspecified atom stereocenters. The van der Waals surface area contributed by atoms with Crippen LogP contribution in [0, 0.1) is 0 Å². The van der Waals surface area contributed by atoms with E-state index >= 15 is 0 Å². The summed E-state index contributed by atoms with van der Waals surface area (Å²) in [6.07, 6.45) is -4.85. The van der Waals surface area contributed by atoms with Gasteiger partial charge in [0.15, 0.2) is 6.29 Å². The van der Waals surface area contributed by atoms with E-state index in [4.69, 9.17) is 20.7 Å². The molecule has 1 aliphatic heterocycles. The molecule has 1 rings (SSSR count). The maximum absolute atomic E-state index is 9.20. The molecule has 0 radical (unpaired) electrons. The number of aliphatic hydroxyl groups is 4. The van der Waals surface area contributed by atoms with Gasteiger partial charge in [0.25, 0.3) is 0 Å². The third-order valence-electron chi connectivity index (χ3n) is 1.95. The molecule has 0 amide bonds. The Morgan fingerprint density at radius 1 is 1.00 bits per heavy atom. The topological polar surface area (TPSA) is 116 Å². The van der Waals surface area contributed by atoms with Crippen LogP contribution in [0.15, 0.2) is 0 Å². The minimum Gasteiger partial charge on any atom is -1.00 e. The Morgan fingerprint density at radius 2 is 1.44 bits per heavy atom. The number of ether oxygens (including phenoxy) is 1. The van der Waals surface area contributed by atoms with Crippen molar-refractivity contribution in [3.8, 4) is 0 Å². The summed E-state index contributed by atoms with van der Waals surface area (Å²) in [4.78, 5) is 0. The van der Waals surface area contributed by atoms with Gasteiger partial charge in [-0.3, -0.25) is 0 Å². The van der Waals surface area contributed by atoms with Gasteiger partial charge in [0.1, 0.15) is 18.3 Å². The van der Waals surface area contributed by atoms with Crippen molar-refractivity contribution in [2.75, 3.05) is 6.61 Å². The largest absolute Gasteiger partial charge is 1.00 e. The van der Waals surface area contributed by atoms with Crippen molar-refractivity contribution in [2.45, 2.75) is 30.6 Å². The van der Waals surface area contributed by atoms with Crippen LogP contribution < -0.4 is 133 Å². The summed E-state index contributed by atoms with van der Waals surface area (Å²) >= 11 is 0. The van der Waals surface area contributed by atoms with Crippen LogP contribution in [0.1, 0.15) is 0 Å². The van der Waals surface area contributed by atoms with Crippen LogP contribution in [0.4, 0.5) is 0 Å². The first kappa shape index (κ1) is 27.9. The van der Waals surface area contributed by atoms with Crippen LogP contribution in [0.2, 0.25) is 0 Å². The molecular formula is C6H13Cl2K2NO5. The zero-order valence-corrected chi connectivity index (χ0v) is 16.9. The third-order valence-corrected chi connectivity index (χ3v) is 1.95. The number of hydrogen-bond acceptors (Lipinski definition) is 6. The van der Waals surface area contributed by atoms with Gasteiger partial charge in [-0.05, 0) is 0 Å². The van der Waals surface area contributed by atoms with E-state index in [-0.39, 0.29) is 128 Å². The van der Waals surface area contributed by atoms with E-state index in [1.165, 1.54) is 0 Å². The van der Waals surface area contributed by atoms with Crippen LogP contribution in [0.3, 0.4) is 0 Å². The summed E-state index contributed by atoms with van der Waals surface area (Å²) in [6, 6.07) is -1.04. The van der Waals surface area contributed by atoms with Gasteiger partial charge in [0, 0.05) is 0 Å². The van der Waals surface area contributed by atoms with Crippen molar-refractivity contribution in [3.05, 3.63) is 0 Å². The molecule has 1 fully saturated rings. The van der Waals surface area contributed by atoms with Gasteiger partial charge in [0.2, 0.25) is 0 Å². The minimum atomic E-state index is -1.35. The van der Waals surface area contributed by atoms with Gasteiger partial charge in [-0.15, -0.1) is 0 Å². The molecule has 0 bridgehead atoms. The molecule has 0 aliphatic carbocycles. The molecule has 5 atom stereocenters. The van der Waals surface area contributed by atoms with Crippen molar-refractivity contribution >= 4 is 0 Å². The number of nitrogens with two attached hydrogens (primary N) is 1. The monoisotopic (exact) mass is 327 g/mol. The van der Waals surface area contributed by atoms with Crippen molar-refractivity contribution in [2.24, 2.45) is 5.73 Å². The first-order valence-electron chi connectivity index (χ1n) is 3.64. The number of hydrogen-bond donors (Lipinski definition) is 5. The average Bonchev–Trinajstić information content (AvgIpc) is 2.08. The molecule has 16 heavy (non-hydrogen) atoms. The normalized spacial score (nSPS) is 36.9. The second-order valence-electron chi connectivity index (χ2n) is 2.81. The molecule has 88 valence electrons. The average molecular weight is 328 g/mol. The number of aliphatic hydroxyl groups excluding tert-OH is 4. The van der Waals surface area contributed by atoms with Crippen LogP contribution >= 0.6 is 0 Å². The molecule has 1 heterocycles. The predicted molar refractivity (Wildman–Crippen MR) is 38.0 cm³/mol. The molecule has 0 aromatic heterocycles. The summed E-state index contributed by atoms with van der Waals surface area (Å²) in [6.45, 7) is -0.470. The molecule has 10 heteroatoms. The van der Waals surface area contributed by atoms with Crippen LogP contribution in [-0.4, -0.2) is 57.7 Å². The molecule has 0 aromatic rings. The zero-order chi connectivity index (χ0) is 9.30. The Balaban J connectivity index is -0.000000180. The van der Waals surface area contributed by atoms with Gasteiger partial charge in [0.05, 0.1) is 12.6 Å². The van der Waals surface area contributed by atoms with E-state index in [1.807, 2.05) is 0 Å². The number of rotatable bonds is 1. The summed E-state index contributed by atoms with van der Waals surface area (Å²) in [5.41, 5.74) is 5.26.